The van der Waals surface area contributed by atoms with Crippen LogP contribution in [-0.4, -0.2) is 72.9 Å². The van der Waals surface area contributed by atoms with E-state index in [0.717, 1.165) is 0 Å². The molecule has 6 rings (SSSR count). The molecule has 2 aliphatic heterocycles. The highest BCUT2D eigenvalue weighted by molar-refractivity contribution is 5.98. The Hall–Kier alpha value is -1.32. The third kappa shape index (κ3) is 2.58. The first-order chi connectivity index (χ1) is 16.6. The molecule has 0 bridgehead atoms. The van der Waals surface area contributed by atoms with Crippen LogP contribution in [0.5, 0.6) is 0 Å². The lowest BCUT2D eigenvalue weighted by molar-refractivity contribution is -0.270. The lowest BCUT2D eigenvalue weighted by Gasteiger charge is -2.61. The fraction of sp³-hybridized carbons (Fsp3) is 0.857. The number of cyclic esters (lactones) is 1. The Kier molecular flexibility index (Phi) is 4.86. The average molecular weight is 505 g/mol. The van der Waals surface area contributed by atoms with Gasteiger partial charge >= 0.3 is 5.97 Å². The molecule has 0 aromatic heterocycles. The molecule has 2 saturated heterocycles. The first-order valence-corrected chi connectivity index (χ1v) is 13.5. The third-order valence-electron chi connectivity index (χ3n) is 12.4. The van der Waals surface area contributed by atoms with Crippen molar-refractivity contribution >= 4 is 11.8 Å². The van der Waals surface area contributed by atoms with E-state index in [0.29, 0.717) is 32.1 Å². The van der Waals surface area contributed by atoms with Crippen molar-refractivity contribution in [1.82, 2.24) is 0 Å². The number of carbonyl (C=O) groups is 2. The summed E-state index contributed by atoms with van der Waals surface area (Å²) in [6, 6.07) is 0. The van der Waals surface area contributed by atoms with Crippen LogP contribution in [0.4, 0.5) is 0 Å². The van der Waals surface area contributed by atoms with Gasteiger partial charge in [-0.1, -0.05) is 6.92 Å². The number of aliphatic hydroxyl groups is 4. The van der Waals surface area contributed by atoms with Crippen molar-refractivity contribution in [1.29, 1.82) is 0 Å². The molecule has 0 aromatic rings. The molecule has 4 aliphatic carbocycles. The van der Waals surface area contributed by atoms with Crippen LogP contribution in [0, 0.1) is 34.5 Å². The molecule has 0 radical (unpaired) electrons. The first-order valence-electron chi connectivity index (χ1n) is 13.5. The molecule has 4 N–H and O–H groups in total. The number of aliphatic hydroxyl groups excluding tert-OH is 1. The van der Waals surface area contributed by atoms with Gasteiger partial charge in [0, 0.05) is 11.8 Å². The molecule has 200 valence electrons. The zero-order chi connectivity index (χ0) is 26.3. The number of fused-ring (bicyclic) bond motifs is 4. The molecule has 13 atom stereocenters. The van der Waals surface area contributed by atoms with Crippen LogP contribution >= 0.6 is 0 Å². The zero-order valence-electron chi connectivity index (χ0n) is 21.9. The van der Waals surface area contributed by atoms with Gasteiger partial charge in [0.15, 0.2) is 5.78 Å². The average Bonchev–Trinajstić information content (AvgIpc) is 3.47. The van der Waals surface area contributed by atoms with E-state index in [2.05, 4.69) is 0 Å². The Morgan fingerprint density at radius 3 is 2.42 bits per heavy atom. The topological polar surface area (TPSA) is 137 Å². The molecular formula is C28H40O8. The molecule has 8 nitrogen and oxygen atoms in total. The number of ketones is 1. The van der Waals surface area contributed by atoms with Crippen LogP contribution in [0.15, 0.2) is 12.2 Å². The van der Waals surface area contributed by atoms with Crippen molar-refractivity contribution in [2.24, 2.45) is 34.5 Å². The minimum Gasteiger partial charge on any atom is -0.459 e. The van der Waals surface area contributed by atoms with Gasteiger partial charge in [-0.25, -0.2) is 0 Å². The highest BCUT2D eigenvalue weighted by Crippen LogP contribution is 2.74. The van der Waals surface area contributed by atoms with E-state index in [1.165, 1.54) is 6.08 Å². The molecule has 8 heteroatoms. The van der Waals surface area contributed by atoms with Gasteiger partial charge in [-0.3, -0.25) is 9.59 Å². The van der Waals surface area contributed by atoms with E-state index >= 15 is 0 Å². The first kappa shape index (κ1) is 25.0. The summed E-state index contributed by atoms with van der Waals surface area (Å²) in [6.45, 7) is 8.70. The van der Waals surface area contributed by atoms with E-state index in [-0.39, 0.29) is 36.1 Å². The molecule has 2 heterocycles. The highest BCUT2D eigenvalue weighted by atomic mass is 16.6. The predicted octanol–water partition coefficient (Wildman–Crippen LogP) is 1.66. The van der Waals surface area contributed by atoms with Crippen molar-refractivity contribution < 1.29 is 39.5 Å². The number of esters is 1. The largest absolute Gasteiger partial charge is 0.459 e. The van der Waals surface area contributed by atoms with Gasteiger partial charge in [0.25, 0.3) is 0 Å². The van der Waals surface area contributed by atoms with Crippen molar-refractivity contribution in [2.45, 2.75) is 114 Å². The number of carbonyl (C=O) groups excluding carboxylic acids is 2. The number of epoxide rings is 1. The summed E-state index contributed by atoms with van der Waals surface area (Å²) >= 11 is 0. The Morgan fingerprint density at radius 1 is 1.08 bits per heavy atom. The fourth-order valence-electron chi connectivity index (χ4n) is 9.71. The Balaban J connectivity index is 1.34. The van der Waals surface area contributed by atoms with E-state index < -0.39 is 57.3 Å². The Labute approximate surface area is 212 Å². The van der Waals surface area contributed by atoms with Gasteiger partial charge < -0.3 is 29.9 Å². The van der Waals surface area contributed by atoms with Crippen molar-refractivity contribution in [3.05, 3.63) is 12.2 Å². The van der Waals surface area contributed by atoms with Gasteiger partial charge in [0.1, 0.15) is 29.0 Å². The molecule has 5 fully saturated rings. The molecular weight excluding hydrogens is 464 g/mol. The van der Waals surface area contributed by atoms with Crippen LogP contribution in [0.25, 0.3) is 0 Å². The zero-order valence-corrected chi connectivity index (χ0v) is 21.9. The second kappa shape index (κ2) is 7.00. The lowest BCUT2D eigenvalue weighted by Crippen LogP contribution is -2.70. The lowest BCUT2D eigenvalue weighted by atomic mass is 9.43. The molecule has 3 saturated carbocycles. The number of hydrogen-bond acceptors (Lipinski definition) is 8. The van der Waals surface area contributed by atoms with Gasteiger partial charge in [-0.2, -0.15) is 0 Å². The van der Waals surface area contributed by atoms with Crippen LogP contribution < -0.4 is 0 Å². The van der Waals surface area contributed by atoms with Crippen LogP contribution in [0.1, 0.15) is 73.1 Å². The molecule has 0 amide bonds. The minimum absolute atomic E-state index is 0.000623. The third-order valence-corrected chi connectivity index (χ3v) is 12.4. The van der Waals surface area contributed by atoms with Gasteiger partial charge in [-0.15, -0.1) is 0 Å². The summed E-state index contributed by atoms with van der Waals surface area (Å²) in [6.07, 6.45) is 4.00. The maximum absolute atomic E-state index is 13.3. The Morgan fingerprint density at radius 2 is 1.75 bits per heavy atom. The minimum atomic E-state index is -1.78. The van der Waals surface area contributed by atoms with E-state index in [4.69, 9.17) is 9.47 Å². The highest BCUT2D eigenvalue weighted by Gasteiger charge is 2.81. The second-order valence-electron chi connectivity index (χ2n) is 13.6. The van der Waals surface area contributed by atoms with E-state index in [1.54, 1.807) is 26.8 Å². The summed E-state index contributed by atoms with van der Waals surface area (Å²) in [4.78, 5) is 25.9. The normalized spacial score (nSPS) is 59.2. The van der Waals surface area contributed by atoms with Gasteiger partial charge in [0.05, 0.1) is 23.0 Å². The molecule has 36 heavy (non-hydrogen) atoms. The second-order valence-corrected chi connectivity index (χ2v) is 13.6. The summed E-state index contributed by atoms with van der Waals surface area (Å²) in [5.74, 6) is -1.17. The maximum atomic E-state index is 13.3. The maximum Gasteiger partial charge on any atom is 0.311 e. The van der Waals surface area contributed by atoms with E-state index in [1.807, 2.05) is 13.8 Å². The smallest absolute Gasteiger partial charge is 0.311 e. The summed E-state index contributed by atoms with van der Waals surface area (Å²) in [7, 11) is 0. The molecule has 1 spiro atoms. The number of allylic oxidation sites excluding steroid dienone is 1. The molecule has 0 unspecified atom stereocenters. The summed E-state index contributed by atoms with van der Waals surface area (Å²) < 4.78 is 11.8. The summed E-state index contributed by atoms with van der Waals surface area (Å²) in [5.41, 5.74) is -7.04. The molecule has 0 aromatic carbocycles. The van der Waals surface area contributed by atoms with E-state index in [9.17, 15) is 30.0 Å². The number of ether oxygens (including phenoxy) is 2. The Bertz CT molecular complexity index is 1050. The number of rotatable bonds is 2. The SMILES string of the molecule is C[C@H]1C(=O)O[C@@H]([C@](C)(O)[C@@]2(O)CC[C@H]3[C@@H]4C[C@H]5O[C@]56[C@@H](O)C=CC(=O)[C@]6(C)[C@H]4CC[C@@]32C)C[C@@]1(C)O. The molecule has 6 aliphatic rings. The van der Waals surface area contributed by atoms with Gasteiger partial charge in [0.2, 0.25) is 0 Å². The fourth-order valence-corrected chi connectivity index (χ4v) is 9.71. The summed E-state index contributed by atoms with van der Waals surface area (Å²) in [5, 5.41) is 46.0. The monoisotopic (exact) mass is 504 g/mol. The van der Waals surface area contributed by atoms with Crippen LogP contribution in [0.2, 0.25) is 0 Å². The van der Waals surface area contributed by atoms with Crippen molar-refractivity contribution in [2.75, 3.05) is 0 Å². The predicted molar refractivity (Wildman–Crippen MR) is 127 cm³/mol. The quantitative estimate of drug-likeness (QED) is 0.329. The van der Waals surface area contributed by atoms with Crippen molar-refractivity contribution in [3.63, 3.8) is 0 Å². The van der Waals surface area contributed by atoms with Crippen LogP contribution in [0.3, 0.4) is 0 Å². The standard InChI is InChI=1S/C28H40O8/c1-14-22(31)35-21(13-24(14,3)32)26(5,33)27(34)11-9-16-15-12-20-28(36-20)19(30)7-6-18(29)25(28,4)17(15)8-10-23(16,27)2/h6-7,14-17,19-21,30,32-34H,8-13H2,1-5H3/t14-,15-,16-,17-,19-,20+,21+,23-,24+,25-,26-,27+,28+/m0/s1. The van der Waals surface area contributed by atoms with Crippen LogP contribution in [-0.2, 0) is 19.1 Å². The van der Waals surface area contributed by atoms with Crippen molar-refractivity contribution in [3.8, 4) is 0 Å². The number of hydrogen-bond donors (Lipinski definition) is 4. The van der Waals surface area contributed by atoms with Gasteiger partial charge in [-0.05, 0) is 89.7 Å².